The van der Waals surface area contributed by atoms with Crippen molar-refractivity contribution in [2.45, 2.75) is 27.1 Å². The van der Waals surface area contributed by atoms with Gasteiger partial charge in [-0.05, 0) is 65.8 Å². The highest BCUT2D eigenvalue weighted by Gasteiger charge is 2.52. The second kappa shape index (κ2) is 9.42. The first-order valence-electron chi connectivity index (χ1n) is 9.41. The van der Waals surface area contributed by atoms with Crippen LogP contribution in [0, 0.1) is 0 Å². The monoisotopic (exact) mass is 496 g/mol. The highest BCUT2D eigenvalue weighted by atomic mass is 32.3. The smallest absolute Gasteiger partial charge is 0.423 e. The maximum absolute atomic E-state index is 13.4. The van der Waals surface area contributed by atoms with Crippen LogP contribution in [0.3, 0.4) is 0 Å². The van der Waals surface area contributed by atoms with Gasteiger partial charge < -0.3 is 4.74 Å². The van der Waals surface area contributed by atoms with Gasteiger partial charge in [0.1, 0.15) is 5.75 Å². The molecule has 0 radical (unpaired) electrons. The van der Waals surface area contributed by atoms with Crippen LogP contribution in [0.5, 0.6) is 5.75 Å². The molecule has 0 unspecified atom stereocenters. The minimum absolute atomic E-state index is 0.111. The van der Waals surface area contributed by atoms with Crippen molar-refractivity contribution in [1.82, 2.24) is 0 Å². The van der Waals surface area contributed by atoms with Gasteiger partial charge in [-0.15, -0.1) is 0 Å². The van der Waals surface area contributed by atoms with Gasteiger partial charge in [0, 0.05) is 20.3 Å². The molecule has 5 nitrogen and oxygen atoms in total. The molecule has 3 aromatic carbocycles. The molecule has 0 spiro atoms. The number of hydrogen-bond acceptors (Lipinski definition) is 5. The van der Waals surface area contributed by atoms with E-state index in [-0.39, 0.29) is 26.0 Å². The first kappa shape index (κ1) is 24.6. The Morgan fingerprint density at radius 3 is 1.61 bits per heavy atom. The fourth-order valence-electron chi connectivity index (χ4n) is 2.82. The maximum atomic E-state index is 13.4. The second-order valence-electron chi connectivity index (χ2n) is 6.79. The number of halogens is 3. The molecule has 0 saturated carbocycles. The largest absolute Gasteiger partial charge is 0.524 e. The third-order valence-electron chi connectivity index (χ3n) is 4.34. The van der Waals surface area contributed by atoms with Gasteiger partial charge >= 0.3 is 21.6 Å². The normalized spacial score (nSPS) is 12.7. The number of esters is 1. The third-order valence-corrected chi connectivity index (χ3v) is 9.25. The summed E-state index contributed by atoms with van der Waals surface area (Å²) in [5.74, 6) is -0.566. The molecular weight excluding hydrogens is 477 g/mol. The third kappa shape index (κ3) is 5.13. The topological polar surface area (TPSA) is 69.7 Å². The zero-order valence-corrected chi connectivity index (χ0v) is 18.9. The Kier molecular flexibility index (Phi) is 7.01. The molecule has 0 N–H and O–H groups in total. The Bertz CT molecular complexity index is 1200. The first-order chi connectivity index (χ1) is 15.5. The molecule has 3 rings (SSSR count). The van der Waals surface area contributed by atoms with Gasteiger partial charge in [0.2, 0.25) is 0 Å². The van der Waals surface area contributed by atoms with Crippen LogP contribution in [0.1, 0.15) is 6.92 Å². The minimum Gasteiger partial charge on any atom is -0.423 e. The summed E-state index contributed by atoms with van der Waals surface area (Å²) >= 11 is 0. The van der Waals surface area contributed by atoms with E-state index in [4.69, 9.17) is 8.37 Å². The summed E-state index contributed by atoms with van der Waals surface area (Å²) in [7, 11) is -9.40. The van der Waals surface area contributed by atoms with Crippen LogP contribution in [0.2, 0.25) is 0 Å². The molecule has 0 aliphatic heterocycles. The van der Waals surface area contributed by atoms with Crippen molar-refractivity contribution < 1.29 is 34.7 Å². The summed E-state index contributed by atoms with van der Waals surface area (Å²) < 4.78 is 75.1. The lowest BCUT2D eigenvalue weighted by atomic mass is 10.3. The van der Waals surface area contributed by atoms with E-state index in [0.717, 1.165) is 0 Å². The molecule has 0 saturated heterocycles. The predicted octanol–water partition coefficient (Wildman–Crippen LogP) is 6.23. The van der Waals surface area contributed by atoms with Gasteiger partial charge in [0.15, 0.2) is 0 Å². The molecule has 0 amide bonds. The summed E-state index contributed by atoms with van der Waals surface area (Å²) in [6, 6.07) is 21.1. The maximum Gasteiger partial charge on any atom is 0.524 e. The summed E-state index contributed by atoms with van der Waals surface area (Å²) in [5.41, 5.74) is -5.47. The Hall–Kier alpha value is -3.08. The standard InChI is InChI=1S/C23H19F3O5S2/c1-17(2)22(27)30-18-13-15-21(16-14-18)32(19-9-5-3-6-10-19,20-11-7-4-8-12-20)31-33(28,29)23(24,25)26/h3-16H,1H2,2H3. The Morgan fingerprint density at radius 2 is 1.21 bits per heavy atom. The van der Waals surface area contributed by atoms with Gasteiger partial charge in [0.25, 0.3) is 0 Å². The number of benzene rings is 3. The van der Waals surface area contributed by atoms with E-state index in [0.29, 0.717) is 0 Å². The highest BCUT2D eigenvalue weighted by molar-refractivity contribution is 8.33. The van der Waals surface area contributed by atoms with Gasteiger partial charge in [-0.2, -0.15) is 25.2 Å². The van der Waals surface area contributed by atoms with Crippen molar-refractivity contribution in [3.8, 4) is 5.75 Å². The van der Waals surface area contributed by atoms with Crippen LogP contribution < -0.4 is 4.74 Å². The van der Waals surface area contributed by atoms with Crippen molar-refractivity contribution >= 4 is 26.4 Å². The Labute approximate surface area is 191 Å². The fraction of sp³-hybridized carbons (Fsp3) is 0.0870. The van der Waals surface area contributed by atoms with E-state index in [1.807, 2.05) is 0 Å². The number of hydrogen-bond donors (Lipinski definition) is 0. The van der Waals surface area contributed by atoms with Crippen LogP contribution in [0.15, 0.2) is 112 Å². The SMILES string of the molecule is C=C(C)C(=O)Oc1ccc(S(OS(=O)(=O)C(F)(F)F)(c2ccccc2)c2ccccc2)cc1. The molecule has 0 aromatic heterocycles. The highest BCUT2D eigenvalue weighted by Crippen LogP contribution is 2.70. The first-order valence-corrected chi connectivity index (χ1v) is 12.4. The lowest BCUT2D eigenvalue weighted by Crippen LogP contribution is -2.27. The van der Waals surface area contributed by atoms with E-state index in [1.54, 1.807) is 36.4 Å². The quantitative estimate of drug-likeness (QED) is 0.168. The molecule has 33 heavy (non-hydrogen) atoms. The van der Waals surface area contributed by atoms with Gasteiger partial charge in [-0.25, -0.2) is 4.79 Å². The number of alkyl halides is 3. The van der Waals surface area contributed by atoms with Gasteiger partial charge in [-0.1, -0.05) is 43.0 Å². The summed E-state index contributed by atoms with van der Waals surface area (Å²) in [6.45, 7) is 4.95. The van der Waals surface area contributed by atoms with Crippen LogP contribution in [-0.4, -0.2) is 19.9 Å². The van der Waals surface area contributed by atoms with Crippen molar-refractivity contribution in [2.75, 3.05) is 0 Å². The molecule has 10 heteroatoms. The molecule has 3 aromatic rings. The summed E-state index contributed by atoms with van der Waals surface area (Å²) in [5, 5.41) is 0. The van der Waals surface area contributed by atoms with Crippen molar-refractivity contribution in [1.29, 1.82) is 0 Å². The van der Waals surface area contributed by atoms with E-state index in [9.17, 15) is 26.4 Å². The van der Waals surface area contributed by atoms with Gasteiger partial charge in [-0.3, -0.25) is 0 Å². The molecule has 0 aliphatic carbocycles. The average molecular weight is 497 g/mol. The van der Waals surface area contributed by atoms with Crippen molar-refractivity contribution in [2.24, 2.45) is 0 Å². The van der Waals surface area contributed by atoms with E-state index >= 15 is 0 Å². The molecule has 0 fully saturated rings. The fourth-order valence-corrected chi connectivity index (χ4v) is 7.56. The number of rotatable bonds is 7. The van der Waals surface area contributed by atoms with E-state index in [1.165, 1.54) is 55.5 Å². The van der Waals surface area contributed by atoms with Crippen LogP contribution in [-0.2, 0) is 18.5 Å². The minimum atomic E-state index is -6.00. The van der Waals surface area contributed by atoms with Crippen LogP contribution in [0.25, 0.3) is 0 Å². The van der Waals surface area contributed by atoms with Crippen LogP contribution >= 0.6 is 10.3 Å². The van der Waals surface area contributed by atoms with Crippen molar-refractivity contribution in [3.63, 3.8) is 0 Å². The number of ether oxygens (including phenoxy) is 1. The lowest BCUT2D eigenvalue weighted by molar-refractivity contribution is -0.130. The molecule has 0 heterocycles. The van der Waals surface area contributed by atoms with E-state index in [2.05, 4.69) is 6.58 Å². The number of carbonyl (C=O) groups excluding carboxylic acids is 1. The average Bonchev–Trinajstić information content (AvgIpc) is 2.78. The van der Waals surface area contributed by atoms with Gasteiger partial charge in [0.05, 0.1) is 0 Å². The zero-order valence-electron chi connectivity index (χ0n) is 17.3. The molecule has 174 valence electrons. The Balaban J connectivity index is 2.26. The molecular formula is C23H19F3O5S2. The van der Waals surface area contributed by atoms with E-state index < -0.39 is 31.9 Å². The molecule has 0 atom stereocenters. The van der Waals surface area contributed by atoms with Crippen LogP contribution in [0.4, 0.5) is 13.2 Å². The Morgan fingerprint density at radius 1 is 0.788 bits per heavy atom. The zero-order chi connectivity index (χ0) is 24.3. The second-order valence-corrected chi connectivity index (χ2v) is 11.2. The van der Waals surface area contributed by atoms with Crippen molar-refractivity contribution in [3.05, 3.63) is 97.1 Å². The summed E-state index contributed by atoms with van der Waals surface area (Å²) in [6.07, 6.45) is 0. The summed E-state index contributed by atoms with van der Waals surface area (Å²) in [4.78, 5) is 12.4. The predicted molar refractivity (Wildman–Crippen MR) is 118 cm³/mol. The lowest BCUT2D eigenvalue weighted by Gasteiger charge is -2.39. The molecule has 0 aliphatic rings. The number of carbonyl (C=O) groups is 1. The molecule has 0 bridgehead atoms.